The molecule has 0 aliphatic rings. The van der Waals surface area contributed by atoms with E-state index in [0.29, 0.717) is 12.2 Å². The zero-order valence-electron chi connectivity index (χ0n) is 6.28. The molecule has 0 aliphatic heterocycles. The molecule has 0 aliphatic carbocycles. The Morgan fingerprint density at radius 1 is 1.91 bits per heavy atom. The van der Waals surface area contributed by atoms with Gasteiger partial charge in [0.1, 0.15) is 5.69 Å². The van der Waals surface area contributed by atoms with E-state index in [-0.39, 0.29) is 11.7 Å². The second kappa shape index (κ2) is 3.59. The number of carbonyl (C=O) groups excluding carboxylic acids is 1. The zero-order valence-corrected chi connectivity index (χ0v) is 7.10. The van der Waals surface area contributed by atoms with Gasteiger partial charge in [-0.15, -0.1) is 0 Å². The van der Waals surface area contributed by atoms with Crippen LogP contribution in [-0.4, -0.2) is 16.7 Å². The van der Waals surface area contributed by atoms with Crippen LogP contribution in [0.25, 0.3) is 0 Å². The third-order valence-electron chi connectivity index (χ3n) is 1.49. The van der Waals surface area contributed by atoms with Gasteiger partial charge in [-0.2, -0.15) is 4.37 Å². The fourth-order valence-corrected chi connectivity index (χ4v) is 1.21. The Hall–Kier alpha value is -0.740. The summed E-state index contributed by atoms with van der Waals surface area (Å²) in [6, 6.07) is 1.72. The lowest BCUT2D eigenvalue weighted by atomic mass is 10.1. The minimum absolute atomic E-state index is 0.0359. The quantitative estimate of drug-likeness (QED) is 0.686. The van der Waals surface area contributed by atoms with E-state index in [4.69, 9.17) is 5.73 Å². The van der Waals surface area contributed by atoms with E-state index >= 15 is 0 Å². The summed E-state index contributed by atoms with van der Waals surface area (Å²) in [5, 5.41) is 1.79. The largest absolute Gasteiger partial charge is 0.330 e. The molecule has 1 rings (SSSR count). The first kappa shape index (κ1) is 8.36. The highest BCUT2D eigenvalue weighted by atomic mass is 32.1. The number of Topliss-reactive ketones (excluding diaryl/α,β-unsaturated/α-hetero) is 1. The van der Waals surface area contributed by atoms with E-state index in [9.17, 15) is 4.79 Å². The van der Waals surface area contributed by atoms with Crippen LogP contribution in [0.2, 0.25) is 0 Å². The predicted molar refractivity (Wildman–Crippen MR) is 44.7 cm³/mol. The van der Waals surface area contributed by atoms with Gasteiger partial charge in [-0.3, -0.25) is 4.79 Å². The van der Waals surface area contributed by atoms with Crippen LogP contribution in [0.15, 0.2) is 11.4 Å². The summed E-state index contributed by atoms with van der Waals surface area (Å²) in [4.78, 5) is 11.3. The molecule has 1 unspecified atom stereocenters. The minimum Gasteiger partial charge on any atom is -0.330 e. The van der Waals surface area contributed by atoms with Crippen molar-refractivity contribution >= 4 is 17.3 Å². The van der Waals surface area contributed by atoms with Crippen LogP contribution in [-0.2, 0) is 0 Å². The first-order valence-corrected chi connectivity index (χ1v) is 4.24. The Balaban J connectivity index is 2.70. The van der Waals surface area contributed by atoms with Gasteiger partial charge in [0.05, 0.1) is 0 Å². The molecule has 1 aromatic heterocycles. The van der Waals surface area contributed by atoms with Crippen molar-refractivity contribution in [2.75, 3.05) is 6.54 Å². The molecule has 0 saturated heterocycles. The van der Waals surface area contributed by atoms with E-state index in [1.54, 1.807) is 11.4 Å². The third-order valence-corrected chi connectivity index (χ3v) is 2.05. The Labute approximate surface area is 69.4 Å². The number of rotatable bonds is 3. The second-order valence-corrected chi connectivity index (χ2v) is 3.05. The van der Waals surface area contributed by atoms with Crippen LogP contribution in [0.4, 0.5) is 0 Å². The molecule has 1 aromatic rings. The summed E-state index contributed by atoms with van der Waals surface area (Å²) in [6.45, 7) is 2.19. The van der Waals surface area contributed by atoms with Gasteiger partial charge in [0.25, 0.3) is 0 Å². The van der Waals surface area contributed by atoms with Gasteiger partial charge in [0.15, 0.2) is 5.78 Å². The molecule has 11 heavy (non-hydrogen) atoms. The summed E-state index contributed by atoms with van der Waals surface area (Å²) in [6.07, 6.45) is 0. The van der Waals surface area contributed by atoms with Gasteiger partial charge in [0.2, 0.25) is 0 Å². The van der Waals surface area contributed by atoms with Gasteiger partial charge < -0.3 is 5.73 Å². The minimum atomic E-state index is -0.114. The SMILES string of the molecule is CC(CN)C(=O)c1ccsn1. The van der Waals surface area contributed by atoms with Gasteiger partial charge in [-0.25, -0.2) is 0 Å². The van der Waals surface area contributed by atoms with Gasteiger partial charge in [-0.05, 0) is 17.6 Å². The second-order valence-electron chi connectivity index (χ2n) is 2.39. The first-order valence-electron chi connectivity index (χ1n) is 3.40. The molecule has 0 saturated carbocycles. The molecular formula is C7H10N2OS. The van der Waals surface area contributed by atoms with Gasteiger partial charge in [0, 0.05) is 17.8 Å². The summed E-state index contributed by atoms with van der Waals surface area (Å²) in [5.74, 6) is -0.0779. The van der Waals surface area contributed by atoms with E-state index in [1.807, 2.05) is 6.92 Å². The lowest BCUT2D eigenvalue weighted by molar-refractivity contribution is 0.0930. The fraction of sp³-hybridized carbons (Fsp3) is 0.429. The fourth-order valence-electron chi connectivity index (χ4n) is 0.699. The van der Waals surface area contributed by atoms with Crippen molar-refractivity contribution in [2.45, 2.75) is 6.92 Å². The molecule has 60 valence electrons. The van der Waals surface area contributed by atoms with Crippen molar-refractivity contribution in [3.05, 3.63) is 17.1 Å². The van der Waals surface area contributed by atoms with Crippen LogP contribution in [0.5, 0.6) is 0 Å². The zero-order chi connectivity index (χ0) is 8.27. The number of nitrogens with zero attached hydrogens (tertiary/aromatic N) is 1. The van der Waals surface area contributed by atoms with E-state index < -0.39 is 0 Å². The molecule has 0 amide bonds. The summed E-state index contributed by atoms with van der Waals surface area (Å²) >= 11 is 1.28. The number of hydrogen-bond acceptors (Lipinski definition) is 4. The van der Waals surface area contributed by atoms with Gasteiger partial charge >= 0.3 is 0 Å². The maximum absolute atomic E-state index is 11.3. The van der Waals surface area contributed by atoms with Crippen LogP contribution < -0.4 is 5.73 Å². The first-order chi connectivity index (χ1) is 5.25. The van der Waals surface area contributed by atoms with Crippen molar-refractivity contribution in [2.24, 2.45) is 11.7 Å². The maximum Gasteiger partial charge on any atom is 0.186 e. The molecule has 0 spiro atoms. The third kappa shape index (κ3) is 1.85. The highest BCUT2D eigenvalue weighted by molar-refractivity contribution is 7.03. The molecule has 0 radical (unpaired) electrons. The van der Waals surface area contributed by atoms with Crippen LogP contribution in [0.1, 0.15) is 17.4 Å². The molecule has 0 bridgehead atoms. The average molecular weight is 170 g/mol. The highest BCUT2D eigenvalue weighted by Crippen LogP contribution is 2.06. The molecule has 0 fully saturated rings. The van der Waals surface area contributed by atoms with E-state index in [0.717, 1.165) is 0 Å². The maximum atomic E-state index is 11.3. The molecule has 0 aromatic carbocycles. The molecule has 3 nitrogen and oxygen atoms in total. The Morgan fingerprint density at radius 2 is 2.64 bits per heavy atom. The molecule has 2 N–H and O–H groups in total. The molecular weight excluding hydrogens is 160 g/mol. The summed E-state index contributed by atoms with van der Waals surface area (Å²) in [5.41, 5.74) is 5.87. The normalized spacial score (nSPS) is 12.9. The number of nitrogens with two attached hydrogens (primary N) is 1. The lowest BCUT2D eigenvalue weighted by Gasteiger charge is -2.02. The smallest absolute Gasteiger partial charge is 0.186 e. The Morgan fingerprint density at radius 3 is 3.09 bits per heavy atom. The van der Waals surface area contributed by atoms with E-state index in [1.165, 1.54) is 11.5 Å². The number of hydrogen-bond donors (Lipinski definition) is 1. The summed E-state index contributed by atoms with van der Waals surface area (Å²) in [7, 11) is 0. The topological polar surface area (TPSA) is 56.0 Å². The number of carbonyl (C=O) groups is 1. The highest BCUT2D eigenvalue weighted by Gasteiger charge is 2.14. The van der Waals surface area contributed by atoms with Crippen molar-refractivity contribution in [3.63, 3.8) is 0 Å². The molecule has 1 atom stereocenters. The van der Waals surface area contributed by atoms with Crippen LogP contribution >= 0.6 is 11.5 Å². The molecule has 4 heteroatoms. The van der Waals surface area contributed by atoms with Crippen molar-refractivity contribution < 1.29 is 4.79 Å². The Bertz CT molecular complexity index is 233. The van der Waals surface area contributed by atoms with E-state index in [2.05, 4.69) is 4.37 Å². The number of ketones is 1. The van der Waals surface area contributed by atoms with Crippen molar-refractivity contribution in [1.82, 2.24) is 4.37 Å². The van der Waals surface area contributed by atoms with Gasteiger partial charge in [-0.1, -0.05) is 6.92 Å². The lowest BCUT2D eigenvalue weighted by Crippen LogP contribution is -2.20. The summed E-state index contributed by atoms with van der Waals surface area (Å²) < 4.78 is 3.92. The Kier molecular flexibility index (Phi) is 2.73. The average Bonchev–Trinajstić information content (AvgIpc) is 2.53. The van der Waals surface area contributed by atoms with Crippen molar-refractivity contribution in [1.29, 1.82) is 0 Å². The molecule has 1 heterocycles. The predicted octanol–water partition coefficient (Wildman–Crippen LogP) is 0.921. The monoisotopic (exact) mass is 170 g/mol. The standard InChI is InChI=1S/C7H10N2OS/c1-5(4-8)7(10)6-2-3-11-9-6/h2-3,5H,4,8H2,1H3. The van der Waals surface area contributed by atoms with Crippen molar-refractivity contribution in [3.8, 4) is 0 Å². The number of aromatic nitrogens is 1. The van der Waals surface area contributed by atoms with Crippen LogP contribution in [0, 0.1) is 5.92 Å². The van der Waals surface area contributed by atoms with Crippen LogP contribution in [0.3, 0.4) is 0 Å².